The Morgan fingerprint density at radius 3 is 2.70 bits per heavy atom. The predicted octanol–water partition coefficient (Wildman–Crippen LogP) is 0.802. The molecular weight excluding hydrogens is 130 g/mol. The van der Waals surface area contributed by atoms with Gasteiger partial charge < -0.3 is 10.5 Å². The van der Waals surface area contributed by atoms with Gasteiger partial charge in [0.15, 0.2) is 0 Å². The number of rotatable bonds is 3. The Bertz CT molecular complexity index is 141. The van der Waals surface area contributed by atoms with Gasteiger partial charge in [-0.2, -0.15) is 0 Å². The lowest BCUT2D eigenvalue weighted by atomic mass is 10.2. The van der Waals surface area contributed by atoms with E-state index in [1.807, 2.05) is 6.92 Å². The summed E-state index contributed by atoms with van der Waals surface area (Å²) in [5.41, 5.74) is 6.00. The van der Waals surface area contributed by atoms with Crippen LogP contribution < -0.4 is 5.73 Å². The first-order valence-corrected chi connectivity index (χ1v) is 3.24. The van der Waals surface area contributed by atoms with Gasteiger partial charge in [-0.1, -0.05) is 13.3 Å². The Morgan fingerprint density at radius 1 is 1.70 bits per heavy atom. The molecule has 3 heteroatoms. The molecule has 0 bridgehead atoms. The largest absolute Gasteiger partial charge is 0.466 e. The van der Waals surface area contributed by atoms with E-state index >= 15 is 0 Å². The average molecular weight is 143 g/mol. The highest BCUT2D eigenvalue weighted by atomic mass is 16.5. The first-order chi connectivity index (χ1) is 4.70. The van der Waals surface area contributed by atoms with Gasteiger partial charge in [0.1, 0.15) is 0 Å². The monoisotopic (exact) mass is 143 g/mol. The average Bonchev–Trinajstić information content (AvgIpc) is 1.88. The fraction of sp³-hybridized carbons (Fsp3) is 0.571. The van der Waals surface area contributed by atoms with Gasteiger partial charge in [-0.25, -0.2) is 4.79 Å². The molecule has 0 aromatic carbocycles. The van der Waals surface area contributed by atoms with Gasteiger partial charge in [0.2, 0.25) is 0 Å². The number of methoxy groups -OCH3 is 1. The molecular formula is C7H13NO2. The van der Waals surface area contributed by atoms with Crippen LogP contribution in [0.4, 0.5) is 0 Å². The van der Waals surface area contributed by atoms with Crippen molar-refractivity contribution >= 4 is 5.97 Å². The highest BCUT2D eigenvalue weighted by molar-refractivity contribution is 5.82. The molecule has 0 spiro atoms. The number of nitrogens with two attached hydrogens (primary N) is 1. The number of hydrogen-bond acceptors (Lipinski definition) is 3. The third-order valence-corrected chi connectivity index (χ3v) is 1.04. The van der Waals surface area contributed by atoms with E-state index in [0.29, 0.717) is 5.70 Å². The maximum Gasteiger partial charge on any atom is 0.332 e. The number of allylic oxidation sites excluding steroid dienone is 1. The van der Waals surface area contributed by atoms with E-state index in [9.17, 15) is 4.79 Å². The second kappa shape index (κ2) is 4.85. The standard InChI is InChI=1S/C7H13NO2/c1-3-4-6(8)5-7(9)10-2/h5H,3-4,8H2,1-2H3/b6-5-. The van der Waals surface area contributed by atoms with Crippen LogP contribution in [0.15, 0.2) is 11.8 Å². The molecule has 0 aliphatic rings. The van der Waals surface area contributed by atoms with Crippen molar-refractivity contribution in [1.82, 2.24) is 0 Å². The zero-order chi connectivity index (χ0) is 7.98. The Balaban J connectivity index is 3.77. The summed E-state index contributed by atoms with van der Waals surface area (Å²) in [5, 5.41) is 0. The lowest BCUT2D eigenvalue weighted by molar-refractivity contribution is -0.134. The molecule has 0 aliphatic heterocycles. The maximum absolute atomic E-state index is 10.5. The number of carbonyl (C=O) groups excluding carboxylic acids is 1. The Kier molecular flexibility index (Phi) is 4.37. The van der Waals surface area contributed by atoms with Gasteiger partial charge >= 0.3 is 5.97 Å². The number of ether oxygens (including phenoxy) is 1. The molecule has 2 N–H and O–H groups in total. The fourth-order valence-corrected chi connectivity index (χ4v) is 0.571. The zero-order valence-corrected chi connectivity index (χ0v) is 6.39. The Hall–Kier alpha value is -0.990. The van der Waals surface area contributed by atoms with Crippen molar-refractivity contribution in [2.24, 2.45) is 5.73 Å². The van der Waals surface area contributed by atoms with Crippen LogP contribution in [-0.2, 0) is 9.53 Å². The SMILES string of the molecule is CCC/C(N)=C/C(=O)OC. The minimum Gasteiger partial charge on any atom is -0.466 e. The van der Waals surface area contributed by atoms with E-state index < -0.39 is 0 Å². The van der Waals surface area contributed by atoms with Crippen molar-refractivity contribution in [3.63, 3.8) is 0 Å². The molecule has 10 heavy (non-hydrogen) atoms. The smallest absolute Gasteiger partial charge is 0.332 e. The van der Waals surface area contributed by atoms with E-state index in [1.165, 1.54) is 13.2 Å². The van der Waals surface area contributed by atoms with Crippen molar-refractivity contribution in [2.45, 2.75) is 19.8 Å². The molecule has 0 unspecified atom stereocenters. The fourth-order valence-electron chi connectivity index (χ4n) is 0.571. The Labute approximate surface area is 60.9 Å². The van der Waals surface area contributed by atoms with E-state index in [1.54, 1.807) is 0 Å². The highest BCUT2D eigenvalue weighted by Crippen LogP contribution is 1.96. The summed E-state index contributed by atoms with van der Waals surface area (Å²) in [6.07, 6.45) is 3.00. The highest BCUT2D eigenvalue weighted by Gasteiger charge is 1.94. The molecule has 0 radical (unpaired) electrons. The molecule has 0 fully saturated rings. The summed E-state index contributed by atoms with van der Waals surface area (Å²) in [5.74, 6) is -0.383. The van der Waals surface area contributed by atoms with Gasteiger partial charge in [0, 0.05) is 11.8 Å². The summed E-state index contributed by atoms with van der Waals surface area (Å²) in [6.45, 7) is 2.00. The second-order valence-corrected chi connectivity index (χ2v) is 1.99. The van der Waals surface area contributed by atoms with Crippen LogP contribution in [0.5, 0.6) is 0 Å². The van der Waals surface area contributed by atoms with Crippen molar-refractivity contribution in [3.8, 4) is 0 Å². The van der Waals surface area contributed by atoms with Crippen LogP contribution >= 0.6 is 0 Å². The van der Waals surface area contributed by atoms with Gasteiger partial charge in [0.05, 0.1) is 7.11 Å². The molecule has 0 saturated carbocycles. The van der Waals surface area contributed by atoms with E-state index in [0.717, 1.165) is 12.8 Å². The minimum atomic E-state index is -0.383. The van der Waals surface area contributed by atoms with E-state index in [4.69, 9.17) is 5.73 Å². The molecule has 0 rings (SSSR count). The molecule has 0 atom stereocenters. The summed E-state index contributed by atoms with van der Waals surface area (Å²) in [4.78, 5) is 10.5. The van der Waals surface area contributed by atoms with Crippen LogP contribution in [0.2, 0.25) is 0 Å². The lowest BCUT2D eigenvalue weighted by Crippen LogP contribution is -2.03. The second-order valence-electron chi connectivity index (χ2n) is 1.99. The van der Waals surface area contributed by atoms with Crippen molar-refractivity contribution < 1.29 is 9.53 Å². The van der Waals surface area contributed by atoms with Gasteiger partial charge in [-0.05, 0) is 6.42 Å². The van der Waals surface area contributed by atoms with E-state index in [-0.39, 0.29) is 5.97 Å². The minimum absolute atomic E-state index is 0.383. The summed E-state index contributed by atoms with van der Waals surface area (Å²) >= 11 is 0. The topological polar surface area (TPSA) is 52.3 Å². The van der Waals surface area contributed by atoms with Gasteiger partial charge in [-0.15, -0.1) is 0 Å². The molecule has 0 amide bonds. The third kappa shape index (κ3) is 3.95. The molecule has 0 aromatic rings. The summed E-state index contributed by atoms with van der Waals surface area (Å²) < 4.78 is 4.37. The van der Waals surface area contributed by atoms with Gasteiger partial charge in [-0.3, -0.25) is 0 Å². The number of carbonyl (C=O) groups is 1. The number of hydrogen-bond donors (Lipinski definition) is 1. The molecule has 0 aliphatic carbocycles. The van der Waals surface area contributed by atoms with Crippen LogP contribution in [0, 0.1) is 0 Å². The normalized spacial score (nSPS) is 11.2. The van der Waals surface area contributed by atoms with Crippen LogP contribution in [0.25, 0.3) is 0 Å². The van der Waals surface area contributed by atoms with Crippen LogP contribution in [0.3, 0.4) is 0 Å². The van der Waals surface area contributed by atoms with Crippen LogP contribution in [0.1, 0.15) is 19.8 Å². The van der Waals surface area contributed by atoms with Crippen molar-refractivity contribution in [2.75, 3.05) is 7.11 Å². The first kappa shape index (κ1) is 9.01. The molecule has 0 aromatic heterocycles. The summed E-state index contributed by atoms with van der Waals surface area (Å²) in [6, 6.07) is 0. The molecule has 3 nitrogen and oxygen atoms in total. The molecule has 58 valence electrons. The molecule has 0 heterocycles. The zero-order valence-electron chi connectivity index (χ0n) is 6.39. The Morgan fingerprint density at radius 2 is 2.30 bits per heavy atom. The maximum atomic E-state index is 10.5. The van der Waals surface area contributed by atoms with Crippen LogP contribution in [-0.4, -0.2) is 13.1 Å². The number of esters is 1. The quantitative estimate of drug-likeness (QED) is 0.469. The molecule has 0 saturated heterocycles. The summed E-state index contributed by atoms with van der Waals surface area (Å²) in [7, 11) is 1.33. The van der Waals surface area contributed by atoms with Crippen molar-refractivity contribution in [1.29, 1.82) is 0 Å². The lowest BCUT2D eigenvalue weighted by Gasteiger charge is -1.95. The van der Waals surface area contributed by atoms with E-state index in [2.05, 4.69) is 4.74 Å². The van der Waals surface area contributed by atoms with Crippen molar-refractivity contribution in [3.05, 3.63) is 11.8 Å². The van der Waals surface area contributed by atoms with Gasteiger partial charge in [0.25, 0.3) is 0 Å². The predicted molar refractivity (Wildman–Crippen MR) is 39.2 cm³/mol. The third-order valence-electron chi connectivity index (χ3n) is 1.04. The first-order valence-electron chi connectivity index (χ1n) is 3.24.